The molecule has 1 saturated heterocycles. The lowest BCUT2D eigenvalue weighted by molar-refractivity contribution is -0.143. The number of rotatable bonds is 4. The van der Waals surface area contributed by atoms with Crippen molar-refractivity contribution in [2.45, 2.75) is 31.7 Å². The van der Waals surface area contributed by atoms with Crippen molar-refractivity contribution in [1.82, 2.24) is 9.21 Å². The normalized spacial score (nSPS) is 19.0. The number of hydrogen-bond donors (Lipinski definition) is 1. The highest BCUT2D eigenvalue weighted by atomic mass is 32.2. The van der Waals surface area contributed by atoms with Gasteiger partial charge in [-0.2, -0.15) is 4.31 Å². The van der Waals surface area contributed by atoms with E-state index in [0.29, 0.717) is 31.1 Å². The first kappa shape index (κ1) is 16.9. The third-order valence-corrected chi connectivity index (χ3v) is 6.19. The minimum Gasteiger partial charge on any atom is -0.480 e. The average Bonchev–Trinajstić information content (AvgIpc) is 2.49. The molecule has 1 aromatic carbocycles. The van der Waals surface area contributed by atoms with E-state index in [9.17, 15) is 13.2 Å². The van der Waals surface area contributed by atoms with Gasteiger partial charge in [0.2, 0.25) is 10.0 Å². The molecule has 0 radical (unpaired) electrons. The number of aliphatic carboxylic acids is 1. The summed E-state index contributed by atoms with van der Waals surface area (Å²) < 4.78 is 26.7. The lowest BCUT2D eigenvalue weighted by atomic mass is 10.1. The second kappa shape index (κ2) is 6.36. The molecule has 0 aromatic heterocycles. The van der Waals surface area contributed by atoms with Crippen molar-refractivity contribution in [3.8, 4) is 0 Å². The largest absolute Gasteiger partial charge is 0.480 e. The summed E-state index contributed by atoms with van der Waals surface area (Å²) in [7, 11) is -3.51. The molecule has 1 heterocycles. The van der Waals surface area contributed by atoms with Gasteiger partial charge in [-0.3, -0.25) is 9.69 Å². The van der Waals surface area contributed by atoms with Crippen LogP contribution in [0.3, 0.4) is 0 Å². The van der Waals surface area contributed by atoms with Gasteiger partial charge in [-0.05, 0) is 44.0 Å². The Bertz CT molecular complexity index is 664. The Labute approximate surface area is 131 Å². The molecule has 0 spiro atoms. The zero-order valence-electron chi connectivity index (χ0n) is 13.1. The van der Waals surface area contributed by atoms with E-state index in [1.165, 1.54) is 4.31 Å². The van der Waals surface area contributed by atoms with Crippen LogP contribution in [-0.4, -0.2) is 60.9 Å². The maximum atomic E-state index is 12.7. The zero-order valence-corrected chi connectivity index (χ0v) is 13.9. The van der Waals surface area contributed by atoms with Crippen LogP contribution in [-0.2, 0) is 14.8 Å². The number of piperazine rings is 1. The molecule has 0 saturated carbocycles. The number of hydrogen-bond acceptors (Lipinski definition) is 4. The quantitative estimate of drug-likeness (QED) is 0.896. The van der Waals surface area contributed by atoms with Crippen LogP contribution >= 0.6 is 0 Å². The van der Waals surface area contributed by atoms with Crippen LogP contribution in [0.4, 0.5) is 0 Å². The summed E-state index contributed by atoms with van der Waals surface area (Å²) in [6.07, 6.45) is 0. The Balaban J connectivity index is 2.12. The number of benzene rings is 1. The van der Waals surface area contributed by atoms with Gasteiger partial charge >= 0.3 is 5.97 Å². The van der Waals surface area contributed by atoms with Crippen LogP contribution in [0.5, 0.6) is 0 Å². The van der Waals surface area contributed by atoms with Crippen molar-refractivity contribution in [3.63, 3.8) is 0 Å². The van der Waals surface area contributed by atoms with E-state index in [0.717, 1.165) is 11.1 Å². The van der Waals surface area contributed by atoms with Gasteiger partial charge in [0.15, 0.2) is 0 Å². The van der Waals surface area contributed by atoms with Crippen LogP contribution in [0.15, 0.2) is 23.1 Å². The number of carboxylic acid groups (broad SMARTS) is 1. The Kier molecular flexibility index (Phi) is 4.89. The van der Waals surface area contributed by atoms with Crippen LogP contribution in [0.1, 0.15) is 18.1 Å². The summed E-state index contributed by atoms with van der Waals surface area (Å²) in [5.74, 6) is -0.884. The number of sulfonamides is 1. The summed E-state index contributed by atoms with van der Waals surface area (Å²) in [6, 6.07) is 4.54. The molecule has 1 fully saturated rings. The van der Waals surface area contributed by atoms with Crippen LogP contribution in [0.2, 0.25) is 0 Å². The molecule has 0 aliphatic carbocycles. The summed E-state index contributed by atoms with van der Waals surface area (Å²) >= 11 is 0. The first-order chi connectivity index (χ1) is 10.2. The fourth-order valence-corrected chi connectivity index (χ4v) is 4.02. The minimum absolute atomic E-state index is 0.301. The lowest BCUT2D eigenvalue weighted by Crippen LogP contribution is -2.53. The van der Waals surface area contributed by atoms with E-state index in [4.69, 9.17) is 5.11 Å². The number of carbonyl (C=O) groups is 1. The third kappa shape index (κ3) is 3.31. The van der Waals surface area contributed by atoms with Crippen molar-refractivity contribution in [2.24, 2.45) is 0 Å². The van der Waals surface area contributed by atoms with Crippen LogP contribution < -0.4 is 0 Å². The average molecular weight is 326 g/mol. The van der Waals surface area contributed by atoms with Crippen LogP contribution in [0, 0.1) is 13.8 Å². The molecule has 6 nitrogen and oxygen atoms in total. The molecular formula is C15H22N2O4S. The van der Waals surface area contributed by atoms with Gasteiger partial charge in [-0.25, -0.2) is 8.42 Å². The van der Waals surface area contributed by atoms with Crippen molar-refractivity contribution >= 4 is 16.0 Å². The maximum absolute atomic E-state index is 12.7. The van der Waals surface area contributed by atoms with E-state index in [2.05, 4.69) is 0 Å². The van der Waals surface area contributed by atoms with Gasteiger partial charge < -0.3 is 5.11 Å². The van der Waals surface area contributed by atoms with E-state index in [-0.39, 0.29) is 0 Å². The minimum atomic E-state index is -3.51. The Hall–Kier alpha value is -1.44. The molecule has 0 bridgehead atoms. The highest BCUT2D eigenvalue weighted by Crippen LogP contribution is 2.21. The highest BCUT2D eigenvalue weighted by Gasteiger charge is 2.31. The summed E-state index contributed by atoms with van der Waals surface area (Å²) in [4.78, 5) is 13.1. The monoisotopic (exact) mass is 326 g/mol. The summed E-state index contributed by atoms with van der Waals surface area (Å²) in [5, 5.41) is 9.02. The van der Waals surface area contributed by atoms with E-state index < -0.39 is 22.0 Å². The number of nitrogens with zero attached hydrogens (tertiary/aromatic N) is 2. The summed E-state index contributed by atoms with van der Waals surface area (Å²) in [6.45, 7) is 6.93. The van der Waals surface area contributed by atoms with Gasteiger partial charge in [0, 0.05) is 26.2 Å². The van der Waals surface area contributed by atoms with Crippen molar-refractivity contribution in [1.29, 1.82) is 0 Å². The molecule has 1 aliphatic rings. The van der Waals surface area contributed by atoms with Crippen molar-refractivity contribution in [3.05, 3.63) is 29.3 Å². The van der Waals surface area contributed by atoms with Gasteiger partial charge in [-0.15, -0.1) is 0 Å². The van der Waals surface area contributed by atoms with Crippen molar-refractivity contribution in [2.75, 3.05) is 26.2 Å². The standard InChI is InChI=1S/C15H22N2O4S/c1-11-4-5-14(10-12(11)2)22(20,21)17-8-6-16(7-9-17)13(3)15(18)19/h4-5,10,13H,6-9H2,1-3H3,(H,18,19)/t13-/m1/s1. The lowest BCUT2D eigenvalue weighted by Gasteiger charge is -2.35. The highest BCUT2D eigenvalue weighted by molar-refractivity contribution is 7.89. The molecule has 7 heteroatoms. The fourth-order valence-electron chi connectivity index (χ4n) is 2.51. The molecule has 22 heavy (non-hydrogen) atoms. The second-order valence-electron chi connectivity index (χ2n) is 5.70. The SMILES string of the molecule is Cc1ccc(S(=O)(=O)N2CCN([C@H](C)C(=O)O)CC2)cc1C. The van der Waals surface area contributed by atoms with Gasteiger partial charge in [0.1, 0.15) is 6.04 Å². The fraction of sp³-hybridized carbons (Fsp3) is 0.533. The zero-order chi connectivity index (χ0) is 16.5. The second-order valence-corrected chi connectivity index (χ2v) is 7.64. The van der Waals surface area contributed by atoms with E-state index in [1.807, 2.05) is 19.9 Å². The molecule has 1 N–H and O–H groups in total. The number of aryl methyl sites for hydroxylation is 2. The molecule has 0 amide bonds. The number of carboxylic acids is 1. The molecule has 1 atom stereocenters. The smallest absolute Gasteiger partial charge is 0.320 e. The predicted molar refractivity (Wildman–Crippen MR) is 83.3 cm³/mol. The predicted octanol–water partition coefficient (Wildman–Crippen LogP) is 1.08. The van der Waals surface area contributed by atoms with Crippen LogP contribution in [0.25, 0.3) is 0 Å². The molecule has 122 valence electrons. The van der Waals surface area contributed by atoms with E-state index in [1.54, 1.807) is 24.0 Å². The first-order valence-electron chi connectivity index (χ1n) is 7.27. The Morgan fingerprint density at radius 3 is 2.23 bits per heavy atom. The summed E-state index contributed by atoms with van der Waals surface area (Å²) in [5.41, 5.74) is 2.00. The molecule has 0 unspecified atom stereocenters. The maximum Gasteiger partial charge on any atom is 0.320 e. The first-order valence-corrected chi connectivity index (χ1v) is 8.71. The topological polar surface area (TPSA) is 77.9 Å². The van der Waals surface area contributed by atoms with Gasteiger partial charge in [-0.1, -0.05) is 6.07 Å². The third-order valence-electron chi connectivity index (χ3n) is 4.29. The molecule has 2 rings (SSSR count). The molecule has 1 aromatic rings. The Morgan fingerprint density at radius 2 is 1.73 bits per heavy atom. The van der Waals surface area contributed by atoms with Crippen molar-refractivity contribution < 1.29 is 18.3 Å². The molecular weight excluding hydrogens is 304 g/mol. The van der Waals surface area contributed by atoms with Gasteiger partial charge in [0.05, 0.1) is 4.90 Å². The van der Waals surface area contributed by atoms with E-state index >= 15 is 0 Å². The molecule has 1 aliphatic heterocycles. The Morgan fingerprint density at radius 1 is 1.14 bits per heavy atom. The van der Waals surface area contributed by atoms with Gasteiger partial charge in [0.25, 0.3) is 0 Å².